The zero-order chi connectivity index (χ0) is 15.3. The van der Waals surface area contributed by atoms with Gasteiger partial charge in [0.25, 0.3) is 0 Å². The molecule has 0 aliphatic carbocycles. The quantitative estimate of drug-likeness (QED) is 0.764. The van der Waals surface area contributed by atoms with Crippen molar-refractivity contribution < 1.29 is 17.9 Å². The maximum absolute atomic E-state index is 11.7. The van der Waals surface area contributed by atoms with Gasteiger partial charge in [-0.05, 0) is 37.1 Å². The van der Waals surface area contributed by atoms with Gasteiger partial charge in [-0.25, -0.2) is 13.2 Å². The summed E-state index contributed by atoms with van der Waals surface area (Å²) in [5, 5.41) is 5.41. The zero-order valence-corrected chi connectivity index (χ0v) is 12.6. The summed E-state index contributed by atoms with van der Waals surface area (Å²) in [6, 6.07) is 6.10. The van der Waals surface area contributed by atoms with E-state index >= 15 is 0 Å². The van der Waals surface area contributed by atoms with Crippen molar-refractivity contribution in [3.05, 3.63) is 24.3 Å². The highest BCUT2D eigenvalue weighted by atomic mass is 32.2. The topological polar surface area (TPSA) is 96.5 Å². The molecular formula is C13H19N3O4S. The number of amides is 2. The summed E-state index contributed by atoms with van der Waals surface area (Å²) in [7, 11) is -3.29. The minimum absolute atomic E-state index is 0.0945. The van der Waals surface area contributed by atoms with Crippen LogP contribution in [0.2, 0.25) is 0 Å². The third-order valence-corrected chi connectivity index (χ3v) is 3.57. The van der Waals surface area contributed by atoms with Crippen LogP contribution in [0.5, 0.6) is 0 Å². The Labute approximate surface area is 124 Å². The molecule has 8 heteroatoms. The van der Waals surface area contributed by atoms with E-state index in [-0.39, 0.29) is 12.1 Å². The predicted molar refractivity (Wildman–Crippen MR) is 80.9 cm³/mol. The number of rotatable bonds is 5. The van der Waals surface area contributed by atoms with Gasteiger partial charge in [-0.15, -0.1) is 0 Å². The molecule has 3 N–H and O–H groups in total. The molecule has 1 heterocycles. The van der Waals surface area contributed by atoms with Gasteiger partial charge in [0.15, 0.2) is 0 Å². The van der Waals surface area contributed by atoms with Gasteiger partial charge >= 0.3 is 6.03 Å². The molecule has 1 aromatic rings. The van der Waals surface area contributed by atoms with Gasteiger partial charge in [-0.3, -0.25) is 4.72 Å². The van der Waals surface area contributed by atoms with E-state index in [1.807, 2.05) is 0 Å². The number of nitrogens with one attached hydrogen (secondary N) is 3. The Kier molecular flexibility index (Phi) is 5.03. The van der Waals surface area contributed by atoms with Crippen molar-refractivity contribution in [3.63, 3.8) is 0 Å². The van der Waals surface area contributed by atoms with Crippen molar-refractivity contribution >= 4 is 27.4 Å². The lowest BCUT2D eigenvalue weighted by Crippen LogP contribution is -2.35. The Morgan fingerprint density at radius 2 is 1.95 bits per heavy atom. The third kappa shape index (κ3) is 5.60. The molecule has 1 aliphatic rings. The second kappa shape index (κ2) is 6.77. The molecule has 1 atom stereocenters. The predicted octanol–water partition coefficient (Wildman–Crippen LogP) is 1.36. The highest BCUT2D eigenvalue weighted by molar-refractivity contribution is 7.92. The van der Waals surface area contributed by atoms with Crippen LogP contribution in [0.25, 0.3) is 0 Å². The average Bonchev–Trinajstić information content (AvgIpc) is 2.90. The SMILES string of the molecule is CS(=O)(=O)Nc1ccc(NC(=O)NCC2CCCO2)cc1. The number of hydrogen-bond donors (Lipinski definition) is 3. The van der Waals surface area contributed by atoms with E-state index in [2.05, 4.69) is 15.4 Å². The van der Waals surface area contributed by atoms with Crippen LogP contribution < -0.4 is 15.4 Å². The highest BCUT2D eigenvalue weighted by Gasteiger charge is 2.16. The monoisotopic (exact) mass is 313 g/mol. The van der Waals surface area contributed by atoms with Crippen LogP contribution >= 0.6 is 0 Å². The fraction of sp³-hybridized carbons (Fsp3) is 0.462. The standard InChI is InChI=1S/C13H19N3O4S/c1-21(18,19)16-11-6-4-10(5-7-11)15-13(17)14-9-12-3-2-8-20-12/h4-7,12,16H,2-3,8-9H2,1H3,(H2,14,15,17). The summed E-state index contributed by atoms with van der Waals surface area (Å²) in [5.41, 5.74) is 1.03. The van der Waals surface area contributed by atoms with Crippen LogP contribution in [0.15, 0.2) is 24.3 Å². The van der Waals surface area contributed by atoms with Gasteiger partial charge in [0.2, 0.25) is 10.0 Å². The molecular weight excluding hydrogens is 294 g/mol. The molecule has 0 radical (unpaired) electrons. The molecule has 0 spiro atoms. The van der Waals surface area contributed by atoms with Gasteiger partial charge in [0.1, 0.15) is 0 Å². The molecule has 0 saturated carbocycles. The Balaban J connectivity index is 1.80. The average molecular weight is 313 g/mol. The molecule has 0 aromatic heterocycles. The van der Waals surface area contributed by atoms with E-state index in [1.165, 1.54) is 0 Å². The van der Waals surface area contributed by atoms with Crippen molar-refractivity contribution in [2.45, 2.75) is 18.9 Å². The van der Waals surface area contributed by atoms with E-state index in [9.17, 15) is 13.2 Å². The molecule has 2 amide bonds. The van der Waals surface area contributed by atoms with Crippen LogP contribution in [0, 0.1) is 0 Å². The van der Waals surface area contributed by atoms with Gasteiger partial charge in [-0.1, -0.05) is 0 Å². The number of sulfonamides is 1. The molecule has 1 saturated heterocycles. The Bertz CT molecular complexity index is 580. The third-order valence-electron chi connectivity index (χ3n) is 2.96. The number of anilines is 2. The summed E-state index contributed by atoms with van der Waals surface area (Å²) < 4.78 is 29.9. The van der Waals surface area contributed by atoms with E-state index in [4.69, 9.17) is 4.74 Å². The zero-order valence-electron chi connectivity index (χ0n) is 11.8. The Morgan fingerprint density at radius 1 is 1.29 bits per heavy atom. The van der Waals surface area contributed by atoms with E-state index in [1.54, 1.807) is 24.3 Å². The molecule has 0 bridgehead atoms. The first-order chi connectivity index (χ1) is 9.92. The maximum atomic E-state index is 11.7. The highest BCUT2D eigenvalue weighted by Crippen LogP contribution is 2.14. The molecule has 1 aliphatic heterocycles. The summed E-state index contributed by atoms with van der Waals surface area (Å²) in [6.07, 6.45) is 3.17. The molecule has 1 aromatic carbocycles. The van der Waals surface area contributed by atoms with Crippen molar-refractivity contribution in [1.29, 1.82) is 0 Å². The second-order valence-electron chi connectivity index (χ2n) is 4.92. The van der Waals surface area contributed by atoms with Gasteiger partial charge in [0.05, 0.1) is 12.4 Å². The van der Waals surface area contributed by atoms with E-state index < -0.39 is 10.0 Å². The number of benzene rings is 1. The first kappa shape index (κ1) is 15.6. The summed E-state index contributed by atoms with van der Waals surface area (Å²) in [4.78, 5) is 11.7. The molecule has 116 valence electrons. The lowest BCUT2D eigenvalue weighted by atomic mass is 10.2. The van der Waals surface area contributed by atoms with Crippen LogP contribution in [-0.2, 0) is 14.8 Å². The molecule has 7 nitrogen and oxygen atoms in total. The number of ether oxygens (including phenoxy) is 1. The maximum Gasteiger partial charge on any atom is 0.319 e. The van der Waals surface area contributed by atoms with Crippen molar-refractivity contribution in [2.75, 3.05) is 29.4 Å². The lowest BCUT2D eigenvalue weighted by Gasteiger charge is -2.12. The summed E-state index contributed by atoms with van der Waals surface area (Å²) in [5.74, 6) is 0. The fourth-order valence-corrected chi connectivity index (χ4v) is 2.59. The molecule has 1 fully saturated rings. The lowest BCUT2D eigenvalue weighted by molar-refractivity contribution is 0.112. The Morgan fingerprint density at radius 3 is 2.52 bits per heavy atom. The molecule has 1 unspecified atom stereocenters. The van der Waals surface area contributed by atoms with Crippen LogP contribution in [-0.4, -0.2) is 40.0 Å². The normalized spacial score (nSPS) is 18.2. The van der Waals surface area contributed by atoms with Gasteiger partial charge < -0.3 is 15.4 Å². The Hall–Kier alpha value is -1.80. The van der Waals surface area contributed by atoms with Gasteiger partial charge in [0, 0.05) is 24.5 Å². The van der Waals surface area contributed by atoms with Crippen LogP contribution in [0.1, 0.15) is 12.8 Å². The first-order valence-electron chi connectivity index (χ1n) is 6.67. The second-order valence-corrected chi connectivity index (χ2v) is 6.67. The summed E-state index contributed by atoms with van der Waals surface area (Å²) in [6.45, 7) is 1.24. The summed E-state index contributed by atoms with van der Waals surface area (Å²) >= 11 is 0. The first-order valence-corrected chi connectivity index (χ1v) is 8.56. The molecule has 2 rings (SSSR count). The molecule has 21 heavy (non-hydrogen) atoms. The van der Waals surface area contributed by atoms with E-state index in [0.29, 0.717) is 17.9 Å². The van der Waals surface area contributed by atoms with Crippen LogP contribution in [0.3, 0.4) is 0 Å². The largest absolute Gasteiger partial charge is 0.376 e. The number of carbonyl (C=O) groups is 1. The number of hydrogen-bond acceptors (Lipinski definition) is 4. The fourth-order valence-electron chi connectivity index (χ4n) is 2.02. The number of urea groups is 1. The van der Waals surface area contributed by atoms with E-state index in [0.717, 1.165) is 25.7 Å². The van der Waals surface area contributed by atoms with Gasteiger partial charge in [-0.2, -0.15) is 0 Å². The minimum Gasteiger partial charge on any atom is -0.376 e. The number of carbonyl (C=O) groups excluding carboxylic acids is 1. The smallest absolute Gasteiger partial charge is 0.319 e. The minimum atomic E-state index is -3.29. The van der Waals surface area contributed by atoms with Crippen LogP contribution in [0.4, 0.5) is 16.2 Å². The van der Waals surface area contributed by atoms with Crippen molar-refractivity contribution in [1.82, 2.24) is 5.32 Å². The van der Waals surface area contributed by atoms with Crippen molar-refractivity contribution in [3.8, 4) is 0 Å². The van der Waals surface area contributed by atoms with Crippen molar-refractivity contribution in [2.24, 2.45) is 0 Å².